The summed E-state index contributed by atoms with van der Waals surface area (Å²) in [5.41, 5.74) is 0.628. The second-order valence-corrected chi connectivity index (χ2v) is 9.80. The molecule has 1 unspecified atom stereocenters. The van der Waals surface area contributed by atoms with Crippen molar-refractivity contribution in [1.82, 2.24) is 10.2 Å². The summed E-state index contributed by atoms with van der Waals surface area (Å²) in [6.45, 7) is 1.71. The van der Waals surface area contributed by atoms with Crippen molar-refractivity contribution in [2.24, 2.45) is 0 Å². The number of nitrogens with one attached hydrogen (secondary N) is 2. The SMILES string of the molecule is Cc1ccccc1S(=O)(=O)Nc1ccc(NC2CCS(=O)(=O)C2)nn1. The molecule has 1 atom stereocenters. The molecule has 2 N–H and O–H groups in total. The summed E-state index contributed by atoms with van der Waals surface area (Å²) in [5, 5.41) is 10.7. The van der Waals surface area contributed by atoms with Gasteiger partial charge in [0.2, 0.25) is 0 Å². The Labute approximate surface area is 146 Å². The van der Waals surface area contributed by atoms with Crippen molar-refractivity contribution in [3.8, 4) is 0 Å². The van der Waals surface area contributed by atoms with E-state index in [1.165, 1.54) is 12.1 Å². The molecule has 0 aliphatic carbocycles. The molecule has 25 heavy (non-hydrogen) atoms. The predicted octanol–water partition coefficient (Wildman–Crippen LogP) is 1.18. The maximum Gasteiger partial charge on any atom is 0.263 e. The number of hydrogen-bond acceptors (Lipinski definition) is 7. The van der Waals surface area contributed by atoms with Crippen LogP contribution < -0.4 is 10.0 Å². The number of hydrogen-bond donors (Lipinski definition) is 2. The molecular weight excluding hydrogens is 364 g/mol. The Balaban J connectivity index is 1.70. The lowest BCUT2D eigenvalue weighted by Gasteiger charge is -2.12. The van der Waals surface area contributed by atoms with Crippen molar-refractivity contribution >= 4 is 31.5 Å². The van der Waals surface area contributed by atoms with Gasteiger partial charge in [-0.25, -0.2) is 16.8 Å². The third-order valence-electron chi connectivity index (χ3n) is 3.87. The van der Waals surface area contributed by atoms with Crippen LogP contribution in [-0.2, 0) is 19.9 Å². The fraction of sp³-hybridized carbons (Fsp3) is 0.333. The summed E-state index contributed by atoms with van der Waals surface area (Å²) in [6.07, 6.45) is 0.520. The minimum absolute atomic E-state index is 0.0658. The van der Waals surface area contributed by atoms with Gasteiger partial charge in [-0.1, -0.05) is 18.2 Å². The molecule has 134 valence electrons. The Morgan fingerprint density at radius 2 is 1.76 bits per heavy atom. The number of rotatable bonds is 5. The third-order valence-corrected chi connectivity index (χ3v) is 7.15. The predicted molar refractivity (Wildman–Crippen MR) is 94.7 cm³/mol. The fourth-order valence-electron chi connectivity index (χ4n) is 2.63. The van der Waals surface area contributed by atoms with Crippen molar-refractivity contribution in [2.45, 2.75) is 24.3 Å². The van der Waals surface area contributed by atoms with Gasteiger partial charge in [0.25, 0.3) is 10.0 Å². The Kier molecular flexibility index (Phi) is 4.65. The minimum Gasteiger partial charge on any atom is -0.365 e. The molecule has 1 fully saturated rings. The summed E-state index contributed by atoms with van der Waals surface area (Å²) >= 11 is 0. The molecule has 8 nitrogen and oxygen atoms in total. The average Bonchev–Trinajstić information content (AvgIpc) is 2.88. The van der Waals surface area contributed by atoms with E-state index >= 15 is 0 Å². The zero-order chi connectivity index (χ0) is 18.1. The van der Waals surface area contributed by atoms with Crippen LogP contribution in [0, 0.1) is 6.92 Å². The van der Waals surface area contributed by atoms with Crippen LogP contribution in [0.2, 0.25) is 0 Å². The van der Waals surface area contributed by atoms with Crippen LogP contribution >= 0.6 is 0 Å². The number of sulfonamides is 1. The first kappa shape index (κ1) is 17.6. The monoisotopic (exact) mass is 382 g/mol. The maximum absolute atomic E-state index is 12.4. The Morgan fingerprint density at radius 1 is 1.08 bits per heavy atom. The van der Waals surface area contributed by atoms with E-state index in [2.05, 4.69) is 20.2 Å². The van der Waals surface area contributed by atoms with E-state index in [-0.39, 0.29) is 28.3 Å². The zero-order valence-electron chi connectivity index (χ0n) is 13.5. The van der Waals surface area contributed by atoms with Crippen molar-refractivity contribution in [2.75, 3.05) is 21.5 Å². The van der Waals surface area contributed by atoms with Crippen molar-refractivity contribution in [3.63, 3.8) is 0 Å². The molecule has 1 saturated heterocycles. The first-order valence-electron chi connectivity index (χ1n) is 7.64. The molecule has 2 heterocycles. The van der Waals surface area contributed by atoms with Gasteiger partial charge in [-0.3, -0.25) is 4.72 Å². The molecule has 1 aromatic heterocycles. The zero-order valence-corrected chi connectivity index (χ0v) is 15.1. The molecule has 1 aliphatic rings. The first-order valence-corrected chi connectivity index (χ1v) is 10.9. The lowest BCUT2D eigenvalue weighted by molar-refractivity contribution is 0.599. The van der Waals surface area contributed by atoms with Crippen LogP contribution in [0.15, 0.2) is 41.3 Å². The highest BCUT2D eigenvalue weighted by molar-refractivity contribution is 7.92. The second-order valence-electron chi connectivity index (χ2n) is 5.92. The molecule has 0 saturated carbocycles. The van der Waals surface area contributed by atoms with Crippen LogP contribution in [-0.4, -0.2) is 44.6 Å². The van der Waals surface area contributed by atoms with E-state index < -0.39 is 19.9 Å². The van der Waals surface area contributed by atoms with Crippen LogP contribution in [0.25, 0.3) is 0 Å². The van der Waals surface area contributed by atoms with E-state index in [0.717, 1.165) is 0 Å². The fourth-order valence-corrected chi connectivity index (χ4v) is 5.55. The highest BCUT2D eigenvalue weighted by Gasteiger charge is 2.28. The molecule has 1 aliphatic heterocycles. The number of anilines is 2. The van der Waals surface area contributed by atoms with Crippen molar-refractivity contribution in [1.29, 1.82) is 0 Å². The lowest BCUT2D eigenvalue weighted by Crippen LogP contribution is -2.21. The summed E-state index contributed by atoms with van der Waals surface area (Å²) in [7, 11) is -6.73. The van der Waals surface area contributed by atoms with Crippen LogP contribution in [0.5, 0.6) is 0 Å². The van der Waals surface area contributed by atoms with Gasteiger partial charge >= 0.3 is 0 Å². The van der Waals surface area contributed by atoms with E-state index in [9.17, 15) is 16.8 Å². The molecular formula is C15H18N4O4S2. The topological polar surface area (TPSA) is 118 Å². The number of sulfone groups is 1. The quantitative estimate of drug-likeness (QED) is 0.797. The molecule has 0 amide bonds. The van der Waals surface area contributed by atoms with Crippen molar-refractivity contribution < 1.29 is 16.8 Å². The van der Waals surface area contributed by atoms with E-state index in [4.69, 9.17) is 0 Å². The molecule has 0 spiro atoms. The molecule has 1 aromatic carbocycles. The summed E-state index contributed by atoms with van der Waals surface area (Å²) in [4.78, 5) is 0.176. The smallest absolute Gasteiger partial charge is 0.263 e. The van der Waals surface area contributed by atoms with E-state index in [0.29, 0.717) is 17.8 Å². The van der Waals surface area contributed by atoms with Crippen LogP contribution in [0.4, 0.5) is 11.6 Å². The Bertz CT molecular complexity index is 973. The Hall–Kier alpha value is -2.20. The average molecular weight is 382 g/mol. The molecule has 10 heteroatoms. The number of aromatic nitrogens is 2. The Morgan fingerprint density at radius 3 is 2.36 bits per heavy atom. The molecule has 0 radical (unpaired) electrons. The second kappa shape index (κ2) is 6.60. The van der Waals surface area contributed by atoms with Gasteiger partial charge in [0, 0.05) is 6.04 Å². The van der Waals surface area contributed by atoms with E-state index in [1.807, 2.05) is 0 Å². The maximum atomic E-state index is 12.4. The summed E-state index contributed by atoms with van der Waals surface area (Å²) in [6, 6.07) is 9.48. The highest BCUT2D eigenvalue weighted by atomic mass is 32.2. The standard InChI is InChI=1S/C15H18N4O4S2/c1-11-4-2-3-5-13(11)25(22,23)19-15-7-6-14(17-18-15)16-12-8-9-24(20,21)10-12/h2-7,12H,8-10H2,1H3,(H,16,17)(H,18,19). The van der Waals surface area contributed by atoms with Gasteiger partial charge in [0.1, 0.15) is 5.82 Å². The van der Waals surface area contributed by atoms with Crippen LogP contribution in [0.1, 0.15) is 12.0 Å². The minimum atomic E-state index is -3.75. The summed E-state index contributed by atoms with van der Waals surface area (Å²) < 4.78 is 50.1. The van der Waals surface area contributed by atoms with Gasteiger partial charge in [-0.15, -0.1) is 10.2 Å². The van der Waals surface area contributed by atoms with Gasteiger partial charge in [-0.05, 0) is 37.1 Å². The van der Waals surface area contributed by atoms with Gasteiger partial charge in [0.15, 0.2) is 15.7 Å². The number of aryl methyl sites for hydroxylation is 1. The van der Waals surface area contributed by atoms with Gasteiger partial charge in [-0.2, -0.15) is 0 Å². The third kappa shape index (κ3) is 4.26. The summed E-state index contributed by atoms with van der Waals surface area (Å²) in [5.74, 6) is 0.719. The van der Waals surface area contributed by atoms with E-state index in [1.54, 1.807) is 31.2 Å². The molecule has 2 aromatic rings. The molecule has 0 bridgehead atoms. The number of nitrogens with zero attached hydrogens (tertiary/aromatic N) is 2. The van der Waals surface area contributed by atoms with Gasteiger partial charge in [0.05, 0.1) is 16.4 Å². The van der Waals surface area contributed by atoms with Crippen LogP contribution in [0.3, 0.4) is 0 Å². The normalized spacial score (nSPS) is 19.5. The van der Waals surface area contributed by atoms with Gasteiger partial charge < -0.3 is 5.32 Å². The van der Waals surface area contributed by atoms with Crippen molar-refractivity contribution in [3.05, 3.63) is 42.0 Å². The first-order chi connectivity index (χ1) is 11.8. The molecule has 3 rings (SSSR count). The largest absolute Gasteiger partial charge is 0.365 e. The lowest BCUT2D eigenvalue weighted by atomic mass is 10.2. The number of benzene rings is 1. The highest BCUT2D eigenvalue weighted by Crippen LogP contribution is 2.19.